The minimum absolute atomic E-state index is 0.00555. The molecule has 2 atom stereocenters. The number of primary amides is 1. The van der Waals surface area contributed by atoms with E-state index in [2.05, 4.69) is 5.32 Å². The van der Waals surface area contributed by atoms with Crippen LogP contribution in [0.15, 0.2) is 0 Å². The van der Waals surface area contributed by atoms with Crippen molar-refractivity contribution in [3.63, 3.8) is 0 Å². The third-order valence-corrected chi connectivity index (χ3v) is 5.98. The summed E-state index contributed by atoms with van der Waals surface area (Å²) in [4.78, 5) is 41.0. The number of hydrogen-bond donors (Lipinski definition) is 2. The Kier molecular flexibility index (Phi) is 5.93. The molecule has 2 saturated heterocycles. The standard InChI is InChI=1S/C18H30N4O3/c19-18(25)21-11-9-20-12-15(21)14-8-4-5-10-22(17(14)24)16(23)13-6-2-1-3-7-13/h13-15,20H,1-12H2,(H2,19,25)/t14-,15?/m0/s1. The number of piperazine rings is 1. The highest BCUT2D eigenvalue weighted by Gasteiger charge is 2.41. The Balaban J connectivity index is 1.76. The number of carbonyl (C=O) groups excluding carboxylic acids is 3. The van der Waals surface area contributed by atoms with E-state index in [-0.39, 0.29) is 29.7 Å². The van der Waals surface area contributed by atoms with Crippen molar-refractivity contribution in [2.75, 3.05) is 26.2 Å². The first-order valence-corrected chi connectivity index (χ1v) is 9.71. The molecule has 2 heterocycles. The Hall–Kier alpha value is -1.63. The van der Waals surface area contributed by atoms with Gasteiger partial charge in [-0.15, -0.1) is 0 Å². The molecule has 3 fully saturated rings. The third-order valence-electron chi connectivity index (χ3n) is 5.98. The average molecular weight is 350 g/mol. The molecule has 0 aromatic rings. The van der Waals surface area contributed by atoms with Gasteiger partial charge in [-0.2, -0.15) is 0 Å². The monoisotopic (exact) mass is 350 g/mol. The molecule has 3 N–H and O–H groups in total. The van der Waals surface area contributed by atoms with Gasteiger partial charge >= 0.3 is 6.03 Å². The maximum Gasteiger partial charge on any atom is 0.315 e. The molecule has 2 aliphatic heterocycles. The van der Waals surface area contributed by atoms with E-state index in [9.17, 15) is 14.4 Å². The lowest BCUT2D eigenvalue weighted by molar-refractivity contribution is -0.151. The van der Waals surface area contributed by atoms with Gasteiger partial charge in [-0.05, 0) is 25.7 Å². The smallest absolute Gasteiger partial charge is 0.315 e. The van der Waals surface area contributed by atoms with E-state index in [1.807, 2.05) is 0 Å². The topological polar surface area (TPSA) is 95.7 Å². The minimum atomic E-state index is -0.478. The number of hydrogen-bond acceptors (Lipinski definition) is 4. The number of carbonyl (C=O) groups is 3. The predicted molar refractivity (Wildman–Crippen MR) is 93.6 cm³/mol. The van der Waals surface area contributed by atoms with Gasteiger partial charge in [0.2, 0.25) is 11.8 Å². The van der Waals surface area contributed by atoms with E-state index in [0.717, 1.165) is 38.5 Å². The number of nitrogens with two attached hydrogens (primary N) is 1. The zero-order valence-corrected chi connectivity index (χ0v) is 14.9. The first kappa shape index (κ1) is 18.2. The number of likely N-dealkylation sites (tertiary alicyclic amines) is 1. The maximum atomic E-state index is 13.2. The molecule has 0 spiro atoms. The van der Waals surface area contributed by atoms with Gasteiger partial charge < -0.3 is 16.0 Å². The average Bonchev–Trinajstić information content (AvgIpc) is 2.83. The fraction of sp³-hybridized carbons (Fsp3) is 0.833. The highest BCUT2D eigenvalue weighted by molar-refractivity contribution is 5.98. The van der Waals surface area contributed by atoms with Gasteiger partial charge in [0.25, 0.3) is 0 Å². The third kappa shape index (κ3) is 3.97. The Morgan fingerprint density at radius 2 is 1.72 bits per heavy atom. The molecule has 7 nitrogen and oxygen atoms in total. The zero-order chi connectivity index (χ0) is 17.8. The van der Waals surface area contributed by atoms with Crippen LogP contribution in [-0.2, 0) is 9.59 Å². The second-order valence-electron chi connectivity index (χ2n) is 7.57. The molecule has 0 aromatic heterocycles. The Labute approximate surface area is 149 Å². The summed E-state index contributed by atoms with van der Waals surface area (Å²) in [5.74, 6) is -0.442. The lowest BCUT2D eigenvalue weighted by atomic mass is 9.87. The van der Waals surface area contributed by atoms with Crippen LogP contribution in [0.5, 0.6) is 0 Å². The van der Waals surface area contributed by atoms with Crippen LogP contribution in [-0.4, -0.2) is 59.9 Å². The summed E-state index contributed by atoms with van der Waals surface area (Å²) in [6.45, 7) is 2.28. The second kappa shape index (κ2) is 8.17. The highest BCUT2D eigenvalue weighted by atomic mass is 16.2. The van der Waals surface area contributed by atoms with Crippen LogP contribution < -0.4 is 11.1 Å². The Morgan fingerprint density at radius 1 is 1.00 bits per heavy atom. The van der Waals surface area contributed by atoms with Crippen molar-refractivity contribution in [3.8, 4) is 0 Å². The van der Waals surface area contributed by atoms with Crippen LogP contribution in [0.4, 0.5) is 4.79 Å². The molecule has 3 rings (SSSR count). The van der Waals surface area contributed by atoms with Crippen LogP contribution in [0.1, 0.15) is 51.4 Å². The van der Waals surface area contributed by atoms with E-state index in [4.69, 9.17) is 5.73 Å². The summed E-state index contributed by atoms with van der Waals surface area (Å²) in [6.07, 6.45) is 7.57. The molecule has 1 saturated carbocycles. The summed E-state index contributed by atoms with van der Waals surface area (Å²) in [6, 6.07) is -0.729. The molecular weight excluding hydrogens is 320 g/mol. The van der Waals surface area contributed by atoms with Gasteiger partial charge in [0.15, 0.2) is 0 Å². The van der Waals surface area contributed by atoms with Crippen molar-refractivity contribution < 1.29 is 14.4 Å². The summed E-state index contributed by atoms with van der Waals surface area (Å²) in [5, 5.41) is 3.26. The van der Waals surface area contributed by atoms with Crippen LogP contribution in [0, 0.1) is 11.8 Å². The fourth-order valence-electron chi connectivity index (χ4n) is 4.57. The van der Waals surface area contributed by atoms with Gasteiger partial charge in [-0.25, -0.2) is 4.79 Å². The second-order valence-corrected chi connectivity index (χ2v) is 7.57. The van der Waals surface area contributed by atoms with E-state index >= 15 is 0 Å². The molecule has 0 aromatic carbocycles. The number of imide groups is 1. The molecule has 0 bridgehead atoms. The van der Waals surface area contributed by atoms with E-state index in [1.165, 1.54) is 11.3 Å². The molecule has 0 radical (unpaired) electrons. The Bertz CT molecular complexity index is 518. The summed E-state index contributed by atoms with van der Waals surface area (Å²) in [7, 11) is 0. The van der Waals surface area contributed by atoms with Crippen LogP contribution >= 0.6 is 0 Å². The first-order chi connectivity index (χ1) is 12.1. The van der Waals surface area contributed by atoms with Gasteiger partial charge in [0.05, 0.1) is 12.0 Å². The molecule has 25 heavy (non-hydrogen) atoms. The number of rotatable bonds is 2. The van der Waals surface area contributed by atoms with Gasteiger partial charge in [0.1, 0.15) is 0 Å². The minimum Gasteiger partial charge on any atom is -0.351 e. The normalized spacial score (nSPS) is 29.4. The molecule has 7 heteroatoms. The SMILES string of the molecule is NC(=O)N1CCNCC1[C@@H]1CCCCN(C(=O)C2CCCCC2)C1=O. The highest BCUT2D eigenvalue weighted by Crippen LogP contribution is 2.30. The van der Waals surface area contributed by atoms with E-state index in [0.29, 0.717) is 32.6 Å². The number of urea groups is 1. The largest absolute Gasteiger partial charge is 0.351 e. The molecule has 3 aliphatic rings. The van der Waals surface area contributed by atoms with Crippen LogP contribution in [0.3, 0.4) is 0 Å². The van der Waals surface area contributed by atoms with E-state index in [1.54, 1.807) is 4.90 Å². The Morgan fingerprint density at radius 3 is 2.44 bits per heavy atom. The number of amides is 4. The summed E-state index contributed by atoms with van der Waals surface area (Å²) >= 11 is 0. The zero-order valence-electron chi connectivity index (χ0n) is 14.9. The maximum absolute atomic E-state index is 13.2. The van der Waals surface area contributed by atoms with Crippen molar-refractivity contribution in [3.05, 3.63) is 0 Å². The lowest BCUT2D eigenvalue weighted by Crippen LogP contribution is -2.60. The lowest BCUT2D eigenvalue weighted by Gasteiger charge is -2.40. The molecule has 1 unspecified atom stereocenters. The van der Waals surface area contributed by atoms with E-state index < -0.39 is 6.03 Å². The van der Waals surface area contributed by atoms with Crippen molar-refractivity contribution in [1.82, 2.24) is 15.1 Å². The van der Waals surface area contributed by atoms with Crippen molar-refractivity contribution in [2.24, 2.45) is 17.6 Å². The quantitative estimate of drug-likeness (QED) is 0.728. The van der Waals surface area contributed by atoms with Gasteiger partial charge in [-0.3, -0.25) is 14.5 Å². The van der Waals surface area contributed by atoms with Crippen molar-refractivity contribution >= 4 is 17.8 Å². The summed E-state index contributed by atoms with van der Waals surface area (Å²) < 4.78 is 0. The molecule has 4 amide bonds. The molecule has 1 aliphatic carbocycles. The number of nitrogens with one attached hydrogen (secondary N) is 1. The van der Waals surface area contributed by atoms with Crippen molar-refractivity contribution in [2.45, 2.75) is 57.4 Å². The molecular formula is C18H30N4O3. The van der Waals surface area contributed by atoms with Gasteiger partial charge in [-0.1, -0.05) is 25.7 Å². The molecule has 140 valence electrons. The van der Waals surface area contributed by atoms with Crippen molar-refractivity contribution in [1.29, 1.82) is 0 Å². The van der Waals surface area contributed by atoms with Crippen LogP contribution in [0.25, 0.3) is 0 Å². The predicted octanol–water partition coefficient (Wildman–Crippen LogP) is 1.07. The first-order valence-electron chi connectivity index (χ1n) is 9.71. The summed E-state index contributed by atoms with van der Waals surface area (Å²) in [5.41, 5.74) is 5.53. The van der Waals surface area contributed by atoms with Gasteiger partial charge in [0, 0.05) is 32.1 Å². The van der Waals surface area contributed by atoms with Crippen LogP contribution in [0.2, 0.25) is 0 Å². The fourth-order valence-corrected chi connectivity index (χ4v) is 4.57. The number of nitrogens with zero attached hydrogens (tertiary/aromatic N) is 2.